The third kappa shape index (κ3) is 4.58. The van der Waals surface area contributed by atoms with Gasteiger partial charge in [0.05, 0.1) is 0 Å². The highest BCUT2D eigenvalue weighted by Crippen LogP contribution is 2.19. The number of rotatable bonds is 4. The number of nitrogens with zero attached hydrogens (tertiary/aromatic N) is 2. The van der Waals surface area contributed by atoms with Gasteiger partial charge in [0.25, 0.3) is 11.8 Å². The van der Waals surface area contributed by atoms with E-state index in [1.165, 1.54) is 25.0 Å². The molecule has 2 aromatic rings. The Morgan fingerprint density at radius 3 is 2.03 bits per heavy atom. The van der Waals surface area contributed by atoms with E-state index in [4.69, 9.17) is 0 Å². The first-order valence-electron chi connectivity index (χ1n) is 10.3. The summed E-state index contributed by atoms with van der Waals surface area (Å²) in [4.78, 5) is 29.1. The molecule has 1 aliphatic carbocycles. The molecule has 2 amide bonds. The number of halogens is 1. The van der Waals surface area contributed by atoms with Gasteiger partial charge in [-0.25, -0.2) is 4.39 Å². The Labute approximate surface area is 170 Å². The second-order valence-corrected chi connectivity index (χ2v) is 7.79. The molecule has 6 heteroatoms. The molecule has 1 aliphatic heterocycles. The lowest BCUT2D eigenvalue weighted by Crippen LogP contribution is -2.48. The van der Waals surface area contributed by atoms with Crippen LogP contribution in [0.2, 0.25) is 0 Å². The van der Waals surface area contributed by atoms with E-state index in [2.05, 4.69) is 10.2 Å². The second kappa shape index (κ2) is 8.64. The van der Waals surface area contributed by atoms with Crippen LogP contribution in [0.25, 0.3) is 0 Å². The molecular formula is C23H26FN3O2. The highest BCUT2D eigenvalue weighted by Gasteiger charge is 2.23. The first kappa shape index (κ1) is 19.4. The van der Waals surface area contributed by atoms with Crippen molar-refractivity contribution < 1.29 is 14.0 Å². The summed E-state index contributed by atoms with van der Waals surface area (Å²) in [5, 5.41) is 3.07. The number of hydrogen-bond donors (Lipinski definition) is 1. The maximum Gasteiger partial charge on any atom is 0.253 e. The molecule has 4 rings (SSSR count). The summed E-state index contributed by atoms with van der Waals surface area (Å²) >= 11 is 0. The summed E-state index contributed by atoms with van der Waals surface area (Å²) in [7, 11) is 0. The van der Waals surface area contributed by atoms with Crippen LogP contribution in [0.1, 0.15) is 46.4 Å². The van der Waals surface area contributed by atoms with Gasteiger partial charge >= 0.3 is 0 Å². The van der Waals surface area contributed by atoms with Gasteiger partial charge in [0.15, 0.2) is 0 Å². The van der Waals surface area contributed by atoms with Gasteiger partial charge < -0.3 is 15.1 Å². The normalized spacial score (nSPS) is 17.4. The molecule has 1 saturated heterocycles. The fourth-order valence-corrected chi connectivity index (χ4v) is 4.11. The van der Waals surface area contributed by atoms with E-state index in [1.54, 1.807) is 36.4 Å². The molecule has 5 nitrogen and oxygen atoms in total. The van der Waals surface area contributed by atoms with E-state index < -0.39 is 0 Å². The molecule has 0 atom stereocenters. The van der Waals surface area contributed by atoms with E-state index in [-0.39, 0.29) is 23.7 Å². The largest absolute Gasteiger partial charge is 0.368 e. The molecule has 1 N–H and O–H groups in total. The Bertz CT molecular complexity index is 853. The van der Waals surface area contributed by atoms with Crippen molar-refractivity contribution in [1.29, 1.82) is 0 Å². The average molecular weight is 395 g/mol. The number of carbonyl (C=O) groups is 2. The van der Waals surface area contributed by atoms with Crippen molar-refractivity contribution in [2.24, 2.45) is 0 Å². The molecule has 0 radical (unpaired) electrons. The summed E-state index contributed by atoms with van der Waals surface area (Å²) in [6.45, 7) is 2.64. The van der Waals surface area contributed by atoms with E-state index in [1.807, 2.05) is 4.90 Å². The van der Waals surface area contributed by atoms with Crippen LogP contribution in [-0.2, 0) is 0 Å². The average Bonchev–Trinajstić information content (AvgIpc) is 3.27. The topological polar surface area (TPSA) is 52.7 Å². The summed E-state index contributed by atoms with van der Waals surface area (Å²) < 4.78 is 13.1. The Hall–Kier alpha value is -2.89. The maximum absolute atomic E-state index is 13.1. The molecule has 1 saturated carbocycles. The predicted molar refractivity (Wildman–Crippen MR) is 111 cm³/mol. The number of hydrogen-bond acceptors (Lipinski definition) is 3. The predicted octanol–water partition coefficient (Wildman–Crippen LogP) is 3.46. The third-order valence-electron chi connectivity index (χ3n) is 5.84. The van der Waals surface area contributed by atoms with Crippen LogP contribution in [0.5, 0.6) is 0 Å². The van der Waals surface area contributed by atoms with Gasteiger partial charge in [-0.3, -0.25) is 9.59 Å². The smallest absolute Gasteiger partial charge is 0.253 e. The SMILES string of the molecule is O=C(NC1CCCC1)c1ccc(C(=O)N2CCN(c3ccc(F)cc3)CC2)cc1. The Morgan fingerprint density at radius 2 is 1.41 bits per heavy atom. The summed E-state index contributed by atoms with van der Waals surface area (Å²) in [5.41, 5.74) is 2.16. The van der Waals surface area contributed by atoms with E-state index in [9.17, 15) is 14.0 Å². The zero-order valence-electron chi connectivity index (χ0n) is 16.4. The zero-order chi connectivity index (χ0) is 20.2. The van der Waals surface area contributed by atoms with Crippen LogP contribution in [0.4, 0.5) is 10.1 Å². The zero-order valence-corrected chi connectivity index (χ0v) is 16.4. The van der Waals surface area contributed by atoms with Crippen LogP contribution in [0, 0.1) is 5.82 Å². The minimum absolute atomic E-state index is 0.0218. The fraction of sp³-hybridized carbons (Fsp3) is 0.391. The van der Waals surface area contributed by atoms with Crippen molar-refractivity contribution in [3.8, 4) is 0 Å². The van der Waals surface area contributed by atoms with Gasteiger partial charge in [-0.15, -0.1) is 0 Å². The molecule has 29 heavy (non-hydrogen) atoms. The fourth-order valence-electron chi connectivity index (χ4n) is 4.11. The molecule has 2 aliphatic rings. The van der Waals surface area contributed by atoms with E-state index >= 15 is 0 Å². The lowest BCUT2D eigenvalue weighted by molar-refractivity contribution is 0.0746. The standard InChI is InChI=1S/C23H26FN3O2/c24-19-9-11-21(12-10-19)26-13-15-27(16-14-26)23(29)18-7-5-17(6-8-18)22(28)25-20-3-1-2-4-20/h5-12,20H,1-4,13-16H2,(H,25,28). The quantitative estimate of drug-likeness (QED) is 0.863. The number of anilines is 1. The van der Waals surface area contributed by atoms with Crippen LogP contribution in [-0.4, -0.2) is 48.9 Å². The van der Waals surface area contributed by atoms with Gasteiger partial charge in [0.2, 0.25) is 0 Å². The van der Waals surface area contributed by atoms with Crippen molar-refractivity contribution in [2.75, 3.05) is 31.1 Å². The maximum atomic E-state index is 13.1. The van der Waals surface area contributed by atoms with Crippen molar-refractivity contribution in [1.82, 2.24) is 10.2 Å². The highest BCUT2D eigenvalue weighted by atomic mass is 19.1. The summed E-state index contributed by atoms with van der Waals surface area (Å²) in [6.07, 6.45) is 4.44. The van der Waals surface area contributed by atoms with Gasteiger partial charge in [-0.05, 0) is 61.4 Å². The highest BCUT2D eigenvalue weighted by molar-refractivity contribution is 5.98. The molecule has 0 aromatic heterocycles. The Morgan fingerprint density at radius 1 is 0.828 bits per heavy atom. The number of amides is 2. The van der Waals surface area contributed by atoms with Crippen molar-refractivity contribution in [2.45, 2.75) is 31.7 Å². The number of piperazine rings is 1. The van der Waals surface area contributed by atoms with Crippen LogP contribution in [0.15, 0.2) is 48.5 Å². The number of nitrogens with one attached hydrogen (secondary N) is 1. The molecule has 0 spiro atoms. The van der Waals surface area contributed by atoms with Crippen molar-refractivity contribution in [3.63, 3.8) is 0 Å². The van der Waals surface area contributed by atoms with Crippen LogP contribution < -0.4 is 10.2 Å². The minimum Gasteiger partial charge on any atom is -0.368 e. The Balaban J connectivity index is 1.32. The van der Waals surface area contributed by atoms with Crippen LogP contribution >= 0.6 is 0 Å². The molecule has 1 heterocycles. The minimum atomic E-state index is -0.247. The summed E-state index contributed by atoms with van der Waals surface area (Å²) in [5.74, 6) is -0.335. The van der Waals surface area contributed by atoms with Gasteiger partial charge in [-0.1, -0.05) is 12.8 Å². The van der Waals surface area contributed by atoms with Gasteiger partial charge in [0, 0.05) is 49.0 Å². The summed E-state index contributed by atoms with van der Waals surface area (Å²) in [6, 6.07) is 13.6. The van der Waals surface area contributed by atoms with Crippen molar-refractivity contribution in [3.05, 3.63) is 65.5 Å². The molecule has 152 valence electrons. The van der Waals surface area contributed by atoms with Crippen molar-refractivity contribution >= 4 is 17.5 Å². The molecule has 0 bridgehead atoms. The molecule has 0 unspecified atom stereocenters. The molecular weight excluding hydrogens is 369 g/mol. The molecule has 2 aromatic carbocycles. The number of carbonyl (C=O) groups excluding carboxylic acids is 2. The lowest BCUT2D eigenvalue weighted by Gasteiger charge is -2.36. The third-order valence-corrected chi connectivity index (χ3v) is 5.84. The van der Waals surface area contributed by atoms with Gasteiger partial charge in [-0.2, -0.15) is 0 Å². The van der Waals surface area contributed by atoms with Gasteiger partial charge in [0.1, 0.15) is 5.82 Å². The monoisotopic (exact) mass is 395 g/mol. The first-order chi connectivity index (χ1) is 14.1. The Kier molecular flexibility index (Phi) is 5.79. The van der Waals surface area contributed by atoms with E-state index in [0.29, 0.717) is 37.3 Å². The molecule has 2 fully saturated rings. The second-order valence-electron chi connectivity index (χ2n) is 7.79. The van der Waals surface area contributed by atoms with Crippen LogP contribution in [0.3, 0.4) is 0 Å². The van der Waals surface area contributed by atoms with E-state index in [0.717, 1.165) is 18.5 Å². The first-order valence-corrected chi connectivity index (χ1v) is 10.3. The lowest BCUT2D eigenvalue weighted by atomic mass is 10.1. The number of benzene rings is 2.